The lowest BCUT2D eigenvalue weighted by atomic mass is 10.1. The predicted octanol–water partition coefficient (Wildman–Crippen LogP) is 3.70. The van der Waals surface area contributed by atoms with E-state index >= 15 is 0 Å². The molecule has 0 aromatic heterocycles. The van der Waals surface area contributed by atoms with E-state index in [1.165, 1.54) is 10.6 Å². The Morgan fingerprint density at radius 3 is 2.31 bits per heavy atom. The molecule has 0 heterocycles. The van der Waals surface area contributed by atoms with Crippen molar-refractivity contribution in [1.82, 2.24) is 5.32 Å². The molecule has 1 amide bonds. The number of sulfonamides is 1. The SMILES string of the molecule is Cc1cc(C)cc(N(CCCC(=O)NCCOc2ccc(Cl)cc2)S(C)(=O)=O)c1. The number of hydrogen-bond donors (Lipinski definition) is 1. The maximum absolute atomic E-state index is 12.2. The zero-order valence-corrected chi connectivity index (χ0v) is 18.5. The van der Waals surface area contributed by atoms with Crippen LogP contribution in [0.2, 0.25) is 5.02 Å². The summed E-state index contributed by atoms with van der Waals surface area (Å²) in [4.78, 5) is 12.0. The lowest BCUT2D eigenvalue weighted by Crippen LogP contribution is -2.33. The van der Waals surface area contributed by atoms with Gasteiger partial charge in [0.25, 0.3) is 0 Å². The number of nitrogens with one attached hydrogen (secondary N) is 1. The van der Waals surface area contributed by atoms with E-state index in [0.717, 1.165) is 11.1 Å². The van der Waals surface area contributed by atoms with Gasteiger partial charge in [0.1, 0.15) is 12.4 Å². The third kappa shape index (κ3) is 7.95. The molecule has 0 fully saturated rings. The average molecular weight is 439 g/mol. The number of aryl methyl sites for hydroxylation is 2. The summed E-state index contributed by atoms with van der Waals surface area (Å²) in [7, 11) is -3.43. The maximum atomic E-state index is 12.2. The number of carbonyl (C=O) groups is 1. The molecule has 0 saturated carbocycles. The highest BCUT2D eigenvalue weighted by Gasteiger charge is 2.18. The highest BCUT2D eigenvalue weighted by Crippen LogP contribution is 2.22. The summed E-state index contributed by atoms with van der Waals surface area (Å²) in [5, 5.41) is 3.41. The normalized spacial score (nSPS) is 11.2. The van der Waals surface area contributed by atoms with Gasteiger partial charge in [-0.05, 0) is 67.8 Å². The number of halogens is 1. The smallest absolute Gasteiger partial charge is 0.232 e. The molecule has 8 heteroatoms. The molecule has 2 aromatic carbocycles. The Morgan fingerprint density at radius 1 is 1.10 bits per heavy atom. The lowest BCUT2D eigenvalue weighted by Gasteiger charge is -2.23. The summed E-state index contributed by atoms with van der Waals surface area (Å²) < 4.78 is 31.3. The van der Waals surface area contributed by atoms with Gasteiger partial charge in [0.05, 0.1) is 18.5 Å². The molecule has 29 heavy (non-hydrogen) atoms. The highest BCUT2D eigenvalue weighted by atomic mass is 35.5. The number of nitrogens with zero attached hydrogens (tertiary/aromatic N) is 1. The molecule has 0 spiro atoms. The number of amides is 1. The second-order valence-corrected chi connectivity index (χ2v) is 9.28. The fraction of sp³-hybridized carbons (Fsp3) is 0.381. The van der Waals surface area contributed by atoms with Crippen LogP contribution < -0.4 is 14.4 Å². The van der Waals surface area contributed by atoms with Crippen molar-refractivity contribution in [3.8, 4) is 5.75 Å². The Balaban J connectivity index is 1.78. The van der Waals surface area contributed by atoms with Crippen LogP contribution in [0.3, 0.4) is 0 Å². The van der Waals surface area contributed by atoms with E-state index in [2.05, 4.69) is 5.32 Å². The highest BCUT2D eigenvalue weighted by molar-refractivity contribution is 7.92. The molecular formula is C21H27ClN2O4S. The zero-order chi connectivity index (χ0) is 21.4. The quantitative estimate of drug-likeness (QED) is 0.574. The van der Waals surface area contributed by atoms with Crippen LogP contribution in [0.1, 0.15) is 24.0 Å². The van der Waals surface area contributed by atoms with Gasteiger partial charge >= 0.3 is 0 Å². The number of anilines is 1. The number of carbonyl (C=O) groups excluding carboxylic acids is 1. The van der Waals surface area contributed by atoms with Crippen LogP contribution in [-0.2, 0) is 14.8 Å². The van der Waals surface area contributed by atoms with E-state index in [4.69, 9.17) is 16.3 Å². The molecule has 1 N–H and O–H groups in total. The van der Waals surface area contributed by atoms with Gasteiger partial charge in [0, 0.05) is 18.0 Å². The van der Waals surface area contributed by atoms with E-state index in [0.29, 0.717) is 36.0 Å². The second kappa shape index (κ2) is 10.5. The van der Waals surface area contributed by atoms with Gasteiger partial charge in [0.2, 0.25) is 15.9 Å². The Labute approximate surface area is 177 Å². The average Bonchev–Trinajstić information content (AvgIpc) is 2.62. The minimum atomic E-state index is -3.43. The first-order chi connectivity index (χ1) is 13.6. The summed E-state index contributed by atoms with van der Waals surface area (Å²) in [5.41, 5.74) is 2.61. The van der Waals surface area contributed by atoms with Crippen LogP contribution in [0.15, 0.2) is 42.5 Å². The topological polar surface area (TPSA) is 75.7 Å². The summed E-state index contributed by atoms with van der Waals surface area (Å²) in [6.45, 7) is 4.81. The largest absolute Gasteiger partial charge is 0.492 e. The van der Waals surface area contributed by atoms with E-state index < -0.39 is 10.0 Å². The van der Waals surface area contributed by atoms with Gasteiger partial charge in [-0.25, -0.2) is 8.42 Å². The van der Waals surface area contributed by atoms with Crippen molar-refractivity contribution in [3.05, 3.63) is 58.6 Å². The van der Waals surface area contributed by atoms with Crippen LogP contribution in [0.25, 0.3) is 0 Å². The lowest BCUT2D eigenvalue weighted by molar-refractivity contribution is -0.121. The van der Waals surface area contributed by atoms with Crippen molar-refractivity contribution in [2.75, 3.05) is 30.3 Å². The maximum Gasteiger partial charge on any atom is 0.232 e. The van der Waals surface area contributed by atoms with Crippen molar-refractivity contribution >= 4 is 33.2 Å². The van der Waals surface area contributed by atoms with Gasteiger partial charge in [0.15, 0.2) is 0 Å². The fourth-order valence-corrected chi connectivity index (χ4v) is 4.02. The molecule has 2 rings (SSSR count). The number of benzene rings is 2. The van der Waals surface area contributed by atoms with Gasteiger partial charge in [-0.2, -0.15) is 0 Å². The standard InChI is InChI=1S/C21H27ClN2O4S/c1-16-13-17(2)15-19(14-16)24(29(3,26)27)11-4-5-21(25)23-10-12-28-20-8-6-18(22)7-9-20/h6-9,13-15H,4-5,10-12H2,1-3H3,(H,23,25). The Morgan fingerprint density at radius 2 is 1.72 bits per heavy atom. The van der Waals surface area contributed by atoms with Crippen molar-refractivity contribution in [3.63, 3.8) is 0 Å². The van der Waals surface area contributed by atoms with Gasteiger partial charge in [-0.15, -0.1) is 0 Å². The summed E-state index contributed by atoms with van der Waals surface area (Å²) in [5.74, 6) is 0.541. The number of hydrogen-bond acceptors (Lipinski definition) is 4. The van der Waals surface area contributed by atoms with Crippen molar-refractivity contribution in [1.29, 1.82) is 0 Å². The van der Waals surface area contributed by atoms with Crippen LogP contribution >= 0.6 is 11.6 Å². The minimum Gasteiger partial charge on any atom is -0.492 e. The zero-order valence-electron chi connectivity index (χ0n) is 16.9. The summed E-state index contributed by atoms with van der Waals surface area (Å²) in [6.07, 6.45) is 1.83. The molecule has 0 atom stereocenters. The molecular weight excluding hydrogens is 412 g/mol. The molecule has 0 bridgehead atoms. The molecule has 6 nitrogen and oxygen atoms in total. The first kappa shape index (κ1) is 23.0. The van der Waals surface area contributed by atoms with Crippen LogP contribution in [-0.4, -0.2) is 40.3 Å². The number of ether oxygens (including phenoxy) is 1. The molecule has 0 radical (unpaired) electrons. The van der Waals surface area contributed by atoms with Crippen LogP contribution in [0.5, 0.6) is 5.75 Å². The van der Waals surface area contributed by atoms with Crippen molar-refractivity contribution < 1.29 is 17.9 Å². The molecule has 2 aromatic rings. The van der Waals surface area contributed by atoms with E-state index in [1.54, 1.807) is 24.3 Å². The first-order valence-corrected chi connectivity index (χ1v) is 11.6. The molecule has 0 saturated heterocycles. The van der Waals surface area contributed by atoms with Crippen molar-refractivity contribution in [2.45, 2.75) is 26.7 Å². The third-order valence-electron chi connectivity index (χ3n) is 4.17. The van der Waals surface area contributed by atoms with E-state index in [9.17, 15) is 13.2 Å². The summed E-state index contributed by atoms with van der Waals surface area (Å²) >= 11 is 5.81. The molecule has 0 unspecified atom stereocenters. The Bertz CT molecular complexity index is 910. The van der Waals surface area contributed by atoms with Crippen molar-refractivity contribution in [2.24, 2.45) is 0 Å². The van der Waals surface area contributed by atoms with E-state index in [-0.39, 0.29) is 18.9 Å². The third-order valence-corrected chi connectivity index (χ3v) is 5.61. The van der Waals surface area contributed by atoms with Gasteiger partial charge in [-0.1, -0.05) is 17.7 Å². The molecule has 0 aliphatic heterocycles. The van der Waals surface area contributed by atoms with E-state index in [1.807, 2.05) is 32.0 Å². The summed E-state index contributed by atoms with van der Waals surface area (Å²) in [6, 6.07) is 12.7. The predicted molar refractivity (Wildman–Crippen MR) is 117 cm³/mol. The van der Waals surface area contributed by atoms with Gasteiger partial charge in [-0.3, -0.25) is 9.10 Å². The van der Waals surface area contributed by atoms with Crippen LogP contribution in [0, 0.1) is 13.8 Å². The number of rotatable bonds is 10. The molecule has 0 aliphatic carbocycles. The second-order valence-electron chi connectivity index (χ2n) is 6.94. The minimum absolute atomic E-state index is 0.140. The van der Waals surface area contributed by atoms with Gasteiger partial charge < -0.3 is 10.1 Å². The molecule has 158 valence electrons. The fourth-order valence-electron chi connectivity index (χ4n) is 2.94. The Hall–Kier alpha value is -2.25. The Kier molecular flexibility index (Phi) is 8.34. The first-order valence-electron chi connectivity index (χ1n) is 9.36. The molecule has 0 aliphatic rings. The monoisotopic (exact) mass is 438 g/mol. The van der Waals surface area contributed by atoms with Crippen LogP contribution in [0.4, 0.5) is 5.69 Å².